The van der Waals surface area contributed by atoms with Crippen LogP contribution in [0.5, 0.6) is 0 Å². The number of amides is 1. The minimum Gasteiger partial charge on any atom is -0.272 e. The van der Waals surface area contributed by atoms with E-state index in [0.29, 0.717) is 0 Å². The highest BCUT2D eigenvalue weighted by molar-refractivity contribution is 7.87. The number of nitrogens with one attached hydrogen (secondary N) is 2. The molecule has 7 nitrogen and oxygen atoms in total. The van der Waals surface area contributed by atoms with Crippen molar-refractivity contribution in [1.82, 2.24) is 14.5 Å². The Labute approximate surface area is 112 Å². The molecule has 0 saturated heterocycles. The van der Waals surface area contributed by atoms with Crippen LogP contribution in [0.4, 0.5) is 0 Å². The van der Waals surface area contributed by atoms with E-state index >= 15 is 0 Å². The highest BCUT2D eigenvalue weighted by atomic mass is 32.2. The molecule has 1 aromatic rings. The summed E-state index contributed by atoms with van der Waals surface area (Å²) in [5.74, 6) is -0.544. The summed E-state index contributed by atoms with van der Waals surface area (Å²) >= 11 is 0. The number of hydrazone groups is 1. The molecule has 0 aromatic heterocycles. The van der Waals surface area contributed by atoms with Gasteiger partial charge >= 0.3 is 0 Å². The van der Waals surface area contributed by atoms with Crippen LogP contribution >= 0.6 is 0 Å². The summed E-state index contributed by atoms with van der Waals surface area (Å²) in [7, 11) is -0.862. The maximum Gasteiger partial charge on any atom is 0.279 e. The van der Waals surface area contributed by atoms with E-state index in [1.165, 1.54) is 20.3 Å². The van der Waals surface area contributed by atoms with Crippen LogP contribution in [0.25, 0.3) is 0 Å². The first-order valence-electron chi connectivity index (χ1n) is 5.46. The van der Waals surface area contributed by atoms with Crippen molar-refractivity contribution in [1.29, 1.82) is 0 Å². The lowest BCUT2D eigenvalue weighted by atomic mass is 10.2. The molecule has 1 amide bonds. The molecule has 0 fully saturated rings. The Morgan fingerprint density at radius 2 is 1.95 bits per heavy atom. The van der Waals surface area contributed by atoms with Crippen LogP contribution in [-0.4, -0.2) is 45.5 Å². The fourth-order valence-corrected chi connectivity index (χ4v) is 1.61. The molecule has 104 valence electrons. The molecular formula is C11H16N4O3S. The Morgan fingerprint density at radius 3 is 2.53 bits per heavy atom. The van der Waals surface area contributed by atoms with Gasteiger partial charge in [-0.15, -0.1) is 0 Å². The number of rotatable bonds is 6. The number of benzene rings is 1. The van der Waals surface area contributed by atoms with Gasteiger partial charge in [-0.05, 0) is 5.56 Å². The minimum absolute atomic E-state index is 0.368. The third-order valence-corrected chi connectivity index (χ3v) is 3.57. The number of carbonyl (C=O) groups excluding carboxylic acids is 1. The predicted molar refractivity (Wildman–Crippen MR) is 72.8 cm³/mol. The van der Waals surface area contributed by atoms with Gasteiger partial charge in [-0.25, -0.2) is 5.43 Å². The minimum atomic E-state index is -3.60. The summed E-state index contributed by atoms with van der Waals surface area (Å²) in [5.41, 5.74) is 3.06. The van der Waals surface area contributed by atoms with E-state index in [1.807, 2.05) is 30.3 Å². The Bertz CT molecular complexity index is 540. The van der Waals surface area contributed by atoms with Crippen LogP contribution in [0.3, 0.4) is 0 Å². The molecule has 0 atom stereocenters. The highest BCUT2D eigenvalue weighted by Crippen LogP contribution is 1.93. The van der Waals surface area contributed by atoms with Crippen LogP contribution in [0.15, 0.2) is 35.4 Å². The van der Waals surface area contributed by atoms with Gasteiger partial charge in [0.15, 0.2) is 0 Å². The average Bonchev–Trinajstić information content (AvgIpc) is 2.37. The maximum atomic E-state index is 11.3. The van der Waals surface area contributed by atoms with E-state index in [2.05, 4.69) is 15.2 Å². The van der Waals surface area contributed by atoms with Crippen molar-refractivity contribution in [2.24, 2.45) is 5.10 Å². The first kappa shape index (κ1) is 15.3. The summed E-state index contributed by atoms with van der Waals surface area (Å²) in [4.78, 5) is 11.3. The predicted octanol–water partition coefficient (Wildman–Crippen LogP) is -0.467. The van der Waals surface area contributed by atoms with Gasteiger partial charge in [0.1, 0.15) is 0 Å². The van der Waals surface area contributed by atoms with E-state index in [-0.39, 0.29) is 6.54 Å². The number of hydrogen-bond acceptors (Lipinski definition) is 4. The molecule has 0 aliphatic heterocycles. The normalized spacial score (nSPS) is 11.9. The van der Waals surface area contributed by atoms with Crippen LogP contribution < -0.4 is 10.1 Å². The van der Waals surface area contributed by atoms with E-state index in [1.54, 1.807) is 0 Å². The molecule has 0 unspecified atom stereocenters. The van der Waals surface area contributed by atoms with Crippen molar-refractivity contribution >= 4 is 22.3 Å². The third kappa shape index (κ3) is 5.60. The van der Waals surface area contributed by atoms with Gasteiger partial charge in [-0.3, -0.25) is 4.79 Å². The smallest absolute Gasteiger partial charge is 0.272 e. The molecule has 1 rings (SSSR count). The topological polar surface area (TPSA) is 90.9 Å². The Hall–Kier alpha value is -1.77. The quantitative estimate of drug-likeness (QED) is 0.546. The van der Waals surface area contributed by atoms with Crippen LogP contribution in [0, 0.1) is 0 Å². The largest absolute Gasteiger partial charge is 0.279 e. The second kappa shape index (κ2) is 6.98. The van der Waals surface area contributed by atoms with Gasteiger partial charge in [0.2, 0.25) is 0 Å². The van der Waals surface area contributed by atoms with Gasteiger partial charge in [0.05, 0.1) is 12.8 Å². The highest BCUT2D eigenvalue weighted by Gasteiger charge is 2.13. The van der Waals surface area contributed by atoms with E-state index in [0.717, 1.165) is 9.87 Å². The monoisotopic (exact) mass is 284 g/mol. The Morgan fingerprint density at radius 1 is 1.32 bits per heavy atom. The average molecular weight is 284 g/mol. The molecule has 0 bridgehead atoms. The molecule has 0 aliphatic carbocycles. The van der Waals surface area contributed by atoms with E-state index in [9.17, 15) is 13.2 Å². The summed E-state index contributed by atoms with van der Waals surface area (Å²) in [6.07, 6.45) is 1.47. The molecule has 0 saturated carbocycles. The van der Waals surface area contributed by atoms with Gasteiger partial charge in [0.25, 0.3) is 16.1 Å². The van der Waals surface area contributed by atoms with Gasteiger partial charge in [-0.1, -0.05) is 30.3 Å². The zero-order valence-electron chi connectivity index (χ0n) is 10.7. The third-order valence-electron chi connectivity index (χ3n) is 2.10. The van der Waals surface area contributed by atoms with Crippen molar-refractivity contribution in [3.8, 4) is 0 Å². The maximum absolute atomic E-state index is 11.3. The zero-order chi connectivity index (χ0) is 14.3. The SMILES string of the molecule is CN(C)S(=O)(=O)NCC(=O)NN=Cc1ccccc1. The van der Waals surface area contributed by atoms with Crippen molar-refractivity contribution in [2.45, 2.75) is 0 Å². The fourth-order valence-electron chi connectivity index (χ4n) is 1.04. The van der Waals surface area contributed by atoms with Crippen LogP contribution in [-0.2, 0) is 15.0 Å². The van der Waals surface area contributed by atoms with E-state index in [4.69, 9.17) is 0 Å². The molecule has 1 aromatic carbocycles. The Balaban J connectivity index is 2.39. The molecule has 0 aliphatic rings. The Kier molecular flexibility index (Phi) is 5.61. The second-order valence-corrected chi connectivity index (χ2v) is 5.78. The molecule has 0 radical (unpaired) electrons. The first-order valence-corrected chi connectivity index (χ1v) is 6.90. The van der Waals surface area contributed by atoms with E-state index < -0.39 is 16.1 Å². The van der Waals surface area contributed by atoms with Crippen LogP contribution in [0.1, 0.15) is 5.56 Å². The first-order chi connectivity index (χ1) is 8.92. The standard InChI is InChI=1S/C11H16N4O3S/c1-15(2)19(17,18)13-9-11(16)14-12-8-10-6-4-3-5-7-10/h3-8,13H,9H2,1-2H3,(H,14,16). The number of carbonyl (C=O) groups is 1. The summed E-state index contributed by atoms with van der Waals surface area (Å²) in [5, 5.41) is 3.71. The van der Waals surface area contributed by atoms with Gasteiger partial charge < -0.3 is 0 Å². The zero-order valence-corrected chi connectivity index (χ0v) is 11.5. The second-order valence-electron chi connectivity index (χ2n) is 3.81. The number of nitrogens with zero attached hydrogens (tertiary/aromatic N) is 2. The van der Waals surface area contributed by atoms with Gasteiger partial charge in [0, 0.05) is 14.1 Å². The van der Waals surface area contributed by atoms with Crippen LogP contribution in [0.2, 0.25) is 0 Å². The molecule has 0 heterocycles. The molecule has 0 spiro atoms. The lowest BCUT2D eigenvalue weighted by molar-refractivity contribution is -0.119. The fraction of sp³-hybridized carbons (Fsp3) is 0.273. The molecular weight excluding hydrogens is 268 g/mol. The summed E-state index contributed by atoms with van der Waals surface area (Å²) < 4.78 is 25.8. The van der Waals surface area contributed by atoms with Crippen molar-refractivity contribution < 1.29 is 13.2 Å². The van der Waals surface area contributed by atoms with Crippen molar-refractivity contribution in [3.05, 3.63) is 35.9 Å². The summed E-state index contributed by atoms with van der Waals surface area (Å²) in [6, 6.07) is 9.20. The molecule has 19 heavy (non-hydrogen) atoms. The molecule has 8 heteroatoms. The number of hydrogen-bond donors (Lipinski definition) is 2. The van der Waals surface area contributed by atoms with Gasteiger partial charge in [-0.2, -0.15) is 22.5 Å². The lowest BCUT2D eigenvalue weighted by Crippen LogP contribution is -2.41. The van der Waals surface area contributed by atoms with Crippen molar-refractivity contribution in [2.75, 3.05) is 20.6 Å². The lowest BCUT2D eigenvalue weighted by Gasteiger charge is -2.11. The van der Waals surface area contributed by atoms with Crippen molar-refractivity contribution in [3.63, 3.8) is 0 Å². The molecule has 2 N–H and O–H groups in total. The summed E-state index contributed by atoms with van der Waals surface area (Å²) in [6.45, 7) is -0.368.